The topological polar surface area (TPSA) is 133 Å². The van der Waals surface area contributed by atoms with E-state index in [2.05, 4.69) is 26.0 Å². The van der Waals surface area contributed by atoms with Gasteiger partial charge in [0.25, 0.3) is 17.7 Å². The molecule has 3 N–H and O–H groups in total. The van der Waals surface area contributed by atoms with Gasteiger partial charge in [0.05, 0.1) is 17.4 Å². The molecular formula is C33H28N6O4S. The van der Waals surface area contributed by atoms with Crippen molar-refractivity contribution in [3.05, 3.63) is 126 Å². The fourth-order valence-corrected chi connectivity index (χ4v) is 5.11. The lowest BCUT2D eigenvalue weighted by molar-refractivity contribution is -0.119. The lowest BCUT2D eigenvalue weighted by atomic mass is 10.2. The number of pyridine rings is 1. The number of benzene rings is 3. The highest BCUT2D eigenvalue weighted by molar-refractivity contribution is 8.00. The molecule has 3 aromatic carbocycles. The Kier molecular flexibility index (Phi) is 9.57. The highest BCUT2D eigenvalue weighted by Crippen LogP contribution is 2.27. The number of carbonyl (C=O) groups is 4. The number of thioether (sulfide) groups is 1. The molecule has 1 aliphatic heterocycles. The van der Waals surface area contributed by atoms with Crippen LogP contribution >= 0.6 is 11.8 Å². The zero-order valence-corrected chi connectivity index (χ0v) is 24.5. The highest BCUT2D eigenvalue weighted by Gasteiger charge is 2.27. The summed E-state index contributed by atoms with van der Waals surface area (Å²) in [7, 11) is 0. The van der Waals surface area contributed by atoms with Gasteiger partial charge in [0.2, 0.25) is 5.91 Å². The Morgan fingerprint density at radius 2 is 1.66 bits per heavy atom. The Balaban J connectivity index is 1.24. The summed E-state index contributed by atoms with van der Waals surface area (Å²) in [5.74, 6) is -1.22. The van der Waals surface area contributed by atoms with Gasteiger partial charge in [-0.1, -0.05) is 48.5 Å². The van der Waals surface area contributed by atoms with Crippen LogP contribution in [0.15, 0.2) is 125 Å². The zero-order chi connectivity index (χ0) is 30.9. The first-order valence-corrected chi connectivity index (χ1v) is 14.6. The van der Waals surface area contributed by atoms with E-state index in [9.17, 15) is 19.2 Å². The van der Waals surface area contributed by atoms with Gasteiger partial charge < -0.3 is 16.0 Å². The van der Waals surface area contributed by atoms with Crippen molar-refractivity contribution in [2.45, 2.75) is 23.5 Å². The number of aromatic nitrogens is 1. The van der Waals surface area contributed by atoms with Crippen molar-refractivity contribution in [3.8, 4) is 0 Å². The summed E-state index contributed by atoms with van der Waals surface area (Å²) in [5.41, 5.74) is 2.18. The summed E-state index contributed by atoms with van der Waals surface area (Å²) < 4.78 is 0. The number of hydrazone groups is 1. The number of carbonyl (C=O) groups excluding carboxylic acids is 4. The Bertz CT molecular complexity index is 1730. The van der Waals surface area contributed by atoms with Crippen LogP contribution in [0.5, 0.6) is 0 Å². The predicted octanol–water partition coefficient (Wildman–Crippen LogP) is 4.84. The van der Waals surface area contributed by atoms with Gasteiger partial charge in [0.1, 0.15) is 11.5 Å². The number of nitrogens with zero attached hydrogens (tertiary/aromatic N) is 3. The summed E-state index contributed by atoms with van der Waals surface area (Å²) in [5, 5.41) is 13.3. The molecule has 0 aliphatic carbocycles. The fraction of sp³-hybridized carbons (Fsp3) is 0.0909. The second kappa shape index (κ2) is 14.1. The summed E-state index contributed by atoms with van der Waals surface area (Å²) in [6.07, 6.45) is 4.74. The van der Waals surface area contributed by atoms with Crippen LogP contribution in [-0.4, -0.2) is 39.7 Å². The number of hydrogen-bond donors (Lipinski definition) is 3. The number of hydrogen-bond acceptors (Lipinski definition) is 7. The Hall–Kier alpha value is -5.55. The first-order chi connectivity index (χ1) is 21.4. The minimum Gasteiger partial charge on any atom is -0.321 e. The van der Waals surface area contributed by atoms with Gasteiger partial charge in [-0.05, 0) is 67.1 Å². The molecule has 0 radical (unpaired) electrons. The Morgan fingerprint density at radius 1 is 0.909 bits per heavy atom. The number of rotatable bonds is 9. The molecule has 1 aliphatic rings. The van der Waals surface area contributed by atoms with Gasteiger partial charge in [-0.15, -0.1) is 11.8 Å². The normalized spacial score (nSPS) is 13.6. The van der Waals surface area contributed by atoms with Crippen molar-refractivity contribution < 1.29 is 19.2 Å². The molecule has 0 spiro atoms. The molecular weight excluding hydrogens is 576 g/mol. The molecule has 1 unspecified atom stereocenters. The molecule has 1 aromatic heterocycles. The molecule has 4 aromatic rings. The van der Waals surface area contributed by atoms with E-state index in [-0.39, 0.29) is 29.8 Å². The van der Waals surface area contributed by atoms with Gasteiger partial charge in [0.15, 0.2) is 0 Å². The maximum atomic E-state index is 13.3. The molecule has 5 rings (SSSR count). The first-order valence-electron chi connectivity index (χ1n) is 13.7. The van der Waals surface area contributed by atoms with Gasteiger partial charge in [-0.2, -0.15) is 10.1 Å². The molecule has 4 amide bonds. The largest absolute Gasteiger partial charge is 0.321 e. The zero-order valence-electron chi connectivity index (χ0n) is 23.6. The van der Waals surface area contributed by atoms with E-state index in [1.165, 1.54) is 16.8 Å². The lowest BCUT2D eigenvalue weighted by Crippen LogP contribution is -2.35. The van der Waals surface area contributed by atoms with Crippen LogP contribution in [0.1, 0.15) is 29.3 Å². The number of amides is 4. The molecule has 0 saturated carbocycles. The Labute approximate surface area is 258 Å². The monoisotopic (exact) mass is 604 g/mol. The van der Waals surface area contributed by atoms with Crippen molar-refractivity contribution in [1.29, 1.82) is 0 Å². The van der Waals surface area contributed by atoms with E-state index < -0.39 is 17.1 Å². The fourth-order valence-electron chi connectivity index (χ4n) is 4.19. The number of amidine groups is 1. The molecule has 10 nitrogen and oxygen atoms in total. The van der Waals surface area contributed by atoms with Crippen molar-refractivity contribution in [3.63, 3.8) is 0 Å². The maximum absolute atomic E-state index is 13.3. The van der Waals surface area contributed by atoms with Crippen LogP contribution in [-0.2, 0) is 14.4 Å². The maximum Gasteiger partial charge on any atom is 0.272 e. The van der Waals surface area contributed by atoms with Gasteiger partial charge in [-0.3, -0.25) is 24.2 Å². The molecule has 0 bridgehead atoms. The quantitative estimate of drug-likeness (QED) is 0.185. The highest BCUT2D eigenvalue weighted by atomic mass is 32.2. The molecule has 2 heterocycles. The molecule has 44 heavy (non-hydrogen) atoms. The SMILES string of the molecule is CC(Sc1cccc(NC(=O)/C(=C/c2cccnc2)NC(=O)c2ccccc2)c1)C(=O)NC1=NN(c2ccccc2)C(=O)C1. The summed E-state index contributed by atoms with van der Waals surface area (Å²) >= 11 is 1.28. The molecule has 220 valence electrons. The van der Waals surface area contributed by atoms with Crippen molar-refractivity contribution in [2.24, 2.45) is 5.10 Å². The second-order valence-corrected chi connectivity index (χ2v) is 11.1. The average molecular weight is 605 g/mol. The van der Waals surface area contributed by atoms with E-state index >= 15 is 0 Å². The molecule has 11 heteroatoms. The van der Waals surface area contributed by atoms with Gasteiger partial charge >= 0.3 is 0 Å². The molecule has 1 atom stereocenters. The van der Waals surface area contributed by atoms with E-state index in [1.54, 1.807) is 98.2 Å². The summed E-state index contributed by atoms with van der Waals surface area (Å²) in [6.45, 7) is 1.74. The van der Waals surface area contributed by atoms with Gasteiger partial charge in [0, 0.05) is 28.5 Å². The first kappa shape index (κ1) is 29.9. The number of para-hydroxylation sites is 1. The van der Waals surface area contributed by atoms with E-state index in [0.29, 0.717) is 22.5 Å². The van der Waals surface area contributed by atoms with E-state index in [1.807, 2.05) is 24.3 Å². The lowest BCUT2D eigenvalue weighted by Gasteiger charge is -2.14. The molecule has 0 saturated heterocycles. The summed E-state index contributed by atoms with van der Waals surface area (Å²) in [4.78, 5) is 56.4. The number of nitrogens with one attached hydrogen (secondary N) is 3. The van der Waals surface area contributed by atoms with Crippen LogP contribution < -0.4 is 21.0 Å². The third kappa shape index (κ3) is 7.84. The van der Waals surface area contributed by atoms with Crippen molar-refractivity contribution >= 4 is 58.7 Å². The standard InChI is InChI=1S/C33H28N6O4S/c1-22(31(41)37-29-20-30(40)39(38-29)26-14-6-3-7-15-26)44-27-16-8-13-25(19-27)35-33(43)28(18-23-10-9-17-34-21-23)36-32(42)24-11-4-2-5-12-24/h2-19,21-22H,20H2,1H3,(H,35,43)(H,36,42)(H,37,38,41)/b28-18-. The molecule has 0 fully saturated rings. The minimum absolute atomic E-state index is 0.00472. The smallest absolute Gasteiger partial charge is 0.272 e. The van der Waals surface area contributed by atoms with Gasteiger partial charge in [-0.25, -0.2) is 0 Å². The van der Waals surface area contributed by atoms with Crippen LogP contribution in [0.25, 0.3) is 6.08 Å². The van der Waals surface area contributed by atoms with E-state index in [0.717, 1.165) is 4.90 Å². The second-order valence-electron chi connectivity index (χ2n) is 9.66. The van der Waals surface area contributed by atoms with Crippen LogP contribution in [0.3, 0.4) is 0 Å². The van der Waals surface area contributed by atoms with Crippen molar-refractivity contribution in [1.82, 2.24) is 15.6 Å². The summed E-state index contributed by atoms with van der Waals surface area (Å²) in [6, 6.07) is 28.1. The minimum atomic E-state index is -0.532. The predicted molar refractivity (Wildman–Crippen MR) is 171 cm³/mol. The number of anilines is 2. The third-order valence-electron chi connectivity index (χ3n) is 6.34. The van der Waals surface area contributed by atoms with Crippen molar-refractivity contribution in [2.75, 3.05) is 10.3 Å². The van der Waals surface area contributed by atoms with E-state index in [4.69, 9.17) is 0 Å². The van der Waals surface area contributed by atoms with Crippen LogP contribution in [0.2, 0.25) is 0 Å². The van der Waals surface area contributed by atoms with Crippen LogP contribution in [0, 0.1) is 0 Å². The van der Waals surface area contributed by atoms with Crippen LogP contribution in [0.4, 0.5) is 11.4 Å². The Morgan fingerprint density at radius 3 is 2.39 bits per heavy atom. The average Bonchev–Trinajstić information content (AvgIpc) is 3.41. The third-order valence-corrected chi connectivity index (χ3v) is 7.44.